The van der Waals surface area contributed by atoms with Crippen molar-refractivity contribution in [1.29, 1.82) is 0 Å². The van der Waals surface area contributed by atoms with Crippen LogP contribution in [0.5, 0.6) is 11.5 Å². The molecule has 3 N–H and O–H groups in total. The van der Waals surface area contributed by atoms with Gasteiger partial charge < -0.3 is 24.6 Å². The number of pyridine rings is 1. The molecule has 140 valence electrons. The van der Waals surface area contributed by atoms with E-state index in [-0.39, 0.29) is 17.9 Å². The largest absolute Gasteiger partial charge is 0.542 e. The Morgan fingerprint density at radius 3 is 2.58 bits per heavy atom. The van der Waals surface area contributed by atoms with Gasteiger partial charge in [0.2, 0.25) is 0 Å². The fourth-order valence-corrected chi connectivity index (χ4v) is 2.59. The van der Waals surface area contributed by atoms with Crippen molar-refractivity contribution in [3.63, 3.8) is 0 Å². The minimum absolute atomic E-state index is 0. The van der Waals surface area contributed by atoms with Crippen LogP contribution in [0, 0.1) is 0 Å². The van der Waals surface area contributed by atoms with Gasteiger partial charge in [-0.15, -0.1) is 12.4 Å². The second-order valence-electron chi connectivity index (χ2n) is 5.61. The number of rotatable bonds is 6. The van der Waals surface area contributed by atoms with Crippen LogP contribution in [-0.2, 0) is 4.65 Å². The molecule has 0 aliphatic carbocycles. The van der Waals surface area contributed by atoms with Crippen molar-refractivity contribution in [1.82, 2.24) is 4.98 Å². The Balaban J connectivity index is 0.00000169. The summed E-state index contributed by atoms with van der Waals surface area (Å²) in [7, 11) is 0.868. The average Bonchev–Trinajstić information content (AvgIpc) is 3.06. The minimum atomic E-state index is -0.765. The Kier molecular flexibility index (Phi) is 8.45. The zero-order chi connectivity index (χ0) is 16.9. The molecular formula is C18H23BClNO5. The van der Waals surface area contributed by atoms with Crippen molar-refractivity contribution in [2.75, 3.05) is 13.7 Å². The smallest absolute Gasteiger partial charge is 0.526 e. The summed E-state index contributed by atoms with van der Waals surface area (Å²) in [4.78, 5) is 4.31. The van der Waals surface area contributed by atoms with Crippen LogP contribution in [0.1, 0.15) is 18.9 Å². The lowest BCUT2D eigenvalue weighted by Gasteiger charge is -2.12. The molecule has 0 fully saturated rings. The maximum Gasteiger partial charge on any atom is 0.526 e. The molecule has 0 unspecified atom stereocenters. The molecule has 1 aliphatic rings. The molecule has 0 atom stereocenters. The minimum Gasteiger partial charge on any atom is -0.542 e. The molecule has 1 aromatic heterocycles. The van der Waals surface area contributed by atoms with Crippen molar-refractivity contribution in [3.8, 4) is 22.6 Å². The second-order valence-corrected chi connectivity index (χ2v) is 5.61. The van der Waals surface area contributed by atoms with Gasteiger partial charge in [0.05, 0.1) is 20.0 Å². The van der Waals surface area contributed by atoms with Crippen LogP contribution in [0.15, 0.2) is 42.9 Å². The van der Waals surface area contributed by atoms with E-state index in [9.17, 15) is 5.02 Å². The first kappa shape index (κ1) is 21.8. The van der Waals surface area contributed by atoms with Gasteiger partial charge in [0.25, 0.3) is 0 Å². The summed E-state index contributed by atoms with van der Waals surface area (Å²) < 4.78 is 16.2. The van der Waals surface area contributed by atoms with Gasteiger partial charge in [0.15, 0.2) is 11.5 Å². The molecule has 26 heavy (non-hydrogen) atoms. The van der Waals surface area contributed by atoms with Gasteiger partial charge in [0.1, 0.15) is 0 Å². The van der Waals surface area contributed by atoms with Crippen LogP contribution >= 0.6 is 12.4 Å². The van der Waals surface area contributed by atoms with Gasteiger partial charge >= 0.3 is 7.12 Å². The van der Waals surface area contributed by atoms with Crippen molar-refractivity contribution < 1.29 is 24.6 Å². The molecule has 0 amide bonds. The highest BCUT2D eigenvalue weighted by molar-refractivity contribution is 6.47. The first-order chi connectivity index (χ1) is 11.7. The summed E-state index contributed by atoms with van der Waals surface area (Å²) in [5, 5.41) is 9.50. The Labute approximate surface area is 159 Å². The van der Waals surface area contributed by atoms with Crippen LogP contribution in [0.2, 0.25) is 6.32 Å². The van der Waals surface area contributed by atoms with Crippen molar-refractivity contribution >= 4 is 25.1 Å². The highest BCUT2D eigenvalue weighted by atomic mass is 35.5. The van der Waals surface area contributed by atoms with Gasteiger partial charge in [-0.05, 0) is 41.3 Å². The van der Waals surface area contributed by atoms with E-state index in [1.807, 2.05) is 30.5 Å². The standard InChI is InChI=1S/C18H20BNO4.ClH.H2O/c1-3-6-23-18-8-13(4-5-17(18)22-2)14-7-15(11-20-10-14)16-9-19(21)24-12-16;;/h4-5,7-8,10-12,21H,3,6,9H2,1-2H3;1H;1H2. The molecule has 8 heteroatoms. The highest BCUT2D eigenvalue weighted by Crippen LogP contribution is 2.34. The van der Waals surface area contributed by atoms with Crippen molar-refractivity contribution in [3.05, 3.63) is 48.5 Å². The molecule has 2 aromatic rings. The third-order valence-corrected chi connectivity index (χ3v) is 3.83. The predicted octanol–water partition coefficient (Wildman–Crippen LogP) is 2.99. The third kappa shape index (κ3) is 4.91. The molecule has 0 saturated carbocycles. The van der Waals surface area contributed by atoms with E-state index in [1.54, 1.807) is 19.6 Å². The lowest BCUT2D eigenvalue weighted by atomic mass is 9.82. The molecule has 3 rings (SSSR count). The summed E-state index contributed by atoms with van der Waals surface area (Å²) in [5.74, 6) is 1.44. The summed E-state index contributed by atoms with van der Waals surface area (Å²) in [5.41, 5.74) is 3.85. The third-order valence-electron chi connectivity index (χ3n) is 3.83. The number of hydrogen-bond acceptors (Lipinski definition) is 5. The normalized spacial score (nSPS) is 12.4. The maximum atomic E-state index is 9.50. The fraction of sp³-hybridized carbons (Fsp3) is 0.278. The van der Waals surface area contributed by atoms with E-state index in [1.165, 1.54) is 0 Å². The van der Waals surface area contributed by atoms with E-state index in [2.05, 4.69) is 11.9 Å². The van der Waals surface area contributed by atoms with E-state index >= 15 is 0 Å². The molecule has 0 spiro atoms. The van der Waals surface area contributed by atoms with Gasteiger partial charge in [-0.1, -0.05) is 13.0 Å². The number of hydrogen-bond donors (Lipinski definition) is 1. The molecule has 1 aliphatic heterocycles. The topological polar surface area (TPSA) is 92.3 Å². The quantitative estimate of drug-likeness (QED) is 0.779. The summed E-state index contributed by atoms with van der Waals surface area (Å²) in [6.45, 7) is 2.70. The monoisotopic (exact) mass is 379 g/mol. The first-order valence-corrected chi connectivity index (χ1v) is 8.00. The number of nitrogens with zero attached hydrogens (tertiary/aromatic N) is 1. The SMILES string of the molecule is CCCOc1cc(-c2cncc(C3=COB(O)C3)c2)ccc1OC.Cl.O. The zero-order valence-corrected chi connectivity index (χ0v) is 15.6. The number of methoxy groups -OCH3 is 1. The molecular weight excluding hydrogens is 356 g/mol. The number of ether oxygens (including phenoxy) is 2. The van der Waals surface area contributed by atoms with Crippen LogP contribution in [0.25, 0.3) is 16.7 Å². The van der Waals surface area contributed by atoms with Crippen LogP contribution in [-0.4, -0.2) is 36.3 Å². The van der Waals surface area contributed by atoms with Gasteiger partial charge in [-0.2, -0.15) is 0 Å². The van der Waals surface area contributed by atoms with Gasteiger partial charge in [-0.25, -0.2) is 0 Å². The number of benzene rings is 1. The predicted molar refractivity (Wildman–Crippen MR) is 105 cm³/mol. The lowest BCUT2D eigenvalue weighted by Crippen LogP contribution is -2.08. The molecule has 0 bridgehead atoms. The fourth-order valence-electron chi connectivity index (χ4n) is 2.59. The van der Waals surface area contributed by atoms with Gasteiger partial charge in [-0.3, -0.25) is 4.98 Å². The van der Waals surface area contributed by atoms with E-state index in [0.717, 1.165) is 34.4 Å². The zero-order valence-electron chi connectivity index (χ0n) is 14.8. The van der Waals surface area contributed by atoms with Crippen LogP contribution in [0.4, 0.5) is 0 Å². The Morgan fingerprint density at radius 1 is 1.15 bits per heavy atom. The lowest BCUT2D eigenvalue weighted by molar-refractivity contribution is 0.294. The summed E-state index contributed by atoms with van der Waals surface area (Å²) >= 11 is 0. The average molecular weight is 380 g/mol. The number of halogens is 1. The summed E-state index contributed by atoms with van der Waals surface area (Å²) in [6.07, 6.45) is 6.57. The molecule has 0 saturated heterocycles. The van der Waals surface area contributed by atoms with Gasteiger partial charge in [0, 0.05) is 24.3 Å². The van der Waals surface area contributed by atoms with Crippen molar-refractivity contribution in [2.24, 2.45) is 0 Å². The Bertz CT molecular complexity index is 756. The van der Waals surface area contributed by atoms with E-state index in [4.69, 9.17) is 14.1 Å². The summed E-state index contributed by atoms with van der Waals surface area (Å²) in [6, 6.07) is 7.87. The first-order valence-electron chi connectivity index (χ1n) is 8.00. The Morgan fingerprint density at radius 2 is 1.92 bits per heavy atom. The van der Waals surface area contributed by atoms with Crippen molar-refractivity contribution in [2.45, 2.75) is 19.7 Å². The molecule has 0 radical (unpaired) electrons. The second kappa shape index (κ2) is 10.1. The van der Waals surface area contributed by atoms with Crippen LogP contribution < -0.4 is 9.47 Å². The number of aromatic nitrogens is 1. The molecule has 2 heterocycles. The Hall–Kier alpha value is -2.22. The highest BCUT2D eigenvalue weighted by Gasteiger charge is 2.24. The van der Waals surface area contributed by atoms with Crippen LogP contribution in [0.3, 0.4) is 0 Å². The maximum absolute atomic E-state index is 9.50. The molecule has 1 aromatic carbocycles. The molecule has 6 nitrogen and oxygen atoms in total. The van der Waals surface area contributed by atoms with E-state index in [0.29, 0.717) is 18.7 Å². The number of allylic oxidation sites excluding steroid dienone is 1. The van der Waals surface area contributed by atoms with E-state index < -0.39 is 7.12 Å².